The van der Waals surface area contributed by atoms with E-state index in [-0.39, 0.29) is 12.8 Å². The molecule has 1 aliphatic rings. The van der Waals surface area contributed by atoms with Gasteiger partial charge >= 0.3 is 5.97 Å². The van der Waals surface area contributed by atoms with Crippen LogP contribution in [0.2, 0.25) is 0 Å². The number of amides is 2. The minimum atomic E-state index is -0.935. The highest BCUT2D eigenvalue weighted by atomic mass is 16.7. The average molecular weight is 200 g/mol. The van der Waals surface area contributed by atoms with Gasteiger partial charge in [-0.2, -0.15) is 0 Å². The van der Waals surface area contributed by atoms with E-state index < -0.39 is 17.8 Å². The fourth-order valence-electron chi connectivity index (χ4n) is 0.867. The quantitative estimate of drug-likeness (QED) is 0.339. The molecule has 2 amide bonds. The fraction of sp³-hybridized carbons (Fsp3) is 0.429. The predicted molar refractivity (Wildman–Crippen MR) is 42.7 cm³/mol. The van der Waals surface area contributed by atoms with E-state index in [4.69, 9.17) is 0 Å². The van der Waals surface area contributed by atoms with Crippen molar-refractivity contribution >= 4 is 24.0 Å². The molecule has 0 atom stereocenters. The highest BCUT2D eigenvalue weighted by molar-refractivity contribution is 6.23. The molecule has 0 aromatic rings. The molecule has 0 aromatic heterocycles. The monoisotopic (exact) mass is 200 g/mol. The molecular weight excluding hydrogens is 192 g/mol. The van der Waals surface area contributed by atoms with Gasteiger partial charge in [0.05, 0.1) is 0 Å². The molecule has 0 aliphatic carbocycles. The zero-order valence-corrected chi connectivity index (χ0v) is 7.43. The minimum absolute atomic E-state index is 0.0630. The van der Waals surface area contributed by atoms with E-state index in [1.807, 2.05) is 0 Å². The second kappa shape index (κ2) is 4.35. The Hall–Kier alpha value is -1.92. The predicted octanol–water partition coefficient (Wildman–Crippen LogP) is -0.774. The molecule has 0 bridgehead atoms. The Morgan fingerprint density at radius 1 is 1.43 bits per heavy atom. The van der Waals surface area contributed by atoms with Crippen molar-refractivity contribution in [3.8, 4) is 0 Å². The largest absolute Gasteiger partial charge is 0.399 e. The van der Waals surface area contributed by atoms with Gasteiger partial charge in [-0.3, -0.25) is 9.59 Å². The highest BCUT2D eigenvalue weighted by Crippen LogP contribution is 2.11. The molecule has 1 saturated heterocycles. The number of carbonyl (C=O) groups is 3. The highest BCUT2D eigenvalue weighted by Gasteiger charge is 2.32. The third-order valence-electron chi connectivity index (χ3n) is 1.45. The molecular formula is C7H8N2O5. The summed E-state index contributed by atoms with van der Waals surface area (Å²) in [6, 6.07) is 0. The molecule has 1 rings (SSSR count). The van der Waals surface area contributed by atoms with Crippen molar-refractivity contribution in [3.05, 3.63) is 0 Å². The van der Waals surface area contributed by atoms with E-state index in [0.29, 0.717) is 5.06 Å². The first-order valence-corrected chi connectivity index (χ1v) is 3.79. The SMILES string of the molecule is CO/N=C\C(=O)ON1C(=O)CCC1=O. The summed E-state index contributed by atoms with van der Waals surface area (Å²) in [4.78, 5) is 41.4. The van der Waals surface area contributed by atoms with E-state index in [1.54, 1.807) is 0 Å². The first-order chi connectivity index (χ1) is 6.65. The van der Waals surface area contributed by atoms with Gasteiger partial charge in [0.15, 0.2) is 6.21 Å². The molecule has 1 fully saturated rings. The van der Waals surface area contributed by atoms with Crippen molar-refractivity contribution in [2.45, 2.75) is 12.8 Å². The van der Waals surface area contributed by atoms with Crippen LogP contribution in [0.3, 0.4) is 0 Å². The molecule has 0 unspecified atom stereocenters. The Bertz CT molecular complexity index is 282. The number of imide groups is 1. The summed E-state index contributed by atoms with van der Waals surface area (Å²) in [5.41, 5.74) is 0. The lowest BCUT2D eigenvalue weighted by Gasteiger charge is -2.09. The zero-order chi connectivity index (χ0) is 10.6. The third kappa shape index (κ3) is 2.28. The lowest BCUT2D eigenvalue weighted by Crippen LogP contribution is -2.32. The van der Waals surface area contributed by atoms with Gasteiger partial charge in [0.25, 0.3) is 11.8 Å². The van der Waals surface area contributed by atoms with Crippen LogP contribution in [0, 0.1) is 0 Å². The van der Waals surface area contributed by atoms with Gasteiger partial charge in [0, 0.05) is 12.8 Å². The van der Waals surface area contributed by atoms with Crippen LogP contribution in [0.1, 0.15) is 12.8 Å². The molecule has 0 radical (unpaired) electrons. The van der Waals surface area contributed by atoms with Gasteiger partial charge in [-0.15, -0.1) is 5.06 Å². The lowest BCUT2D eigenvalue weighted by molar-refractivity contribution is -0.192. The number of oxime groups is 1. The maximum absolute atomic E-state index is 10.9. The molecule has 0 N–H and O–H groups in total. The summed E-state index contributed by atoms with van der Waals surface area (Å²) in [7, 11) is 1.25. The van der Waals surface area contributed by atoms with E-state index in [0.717, 1.165) is 6.21 Å². The Labute approximate surface area is 79.2 Å². The molecule has 0 saturated carbocycles. The van der Waals surface area contributed by atoms with Crippen molar-refractivity contribution in [3.63, 3.8) is 0 Å². The third-order valence-corrected chi connectivity index (χ3v) is 1.45. The maximum Gasteiger partial charge on any atom is 0.378 e. The number of nitrogens with zero attached hydrogens (tertiary/aromatic N) is 2. The second-order valence-electron chi connectivity index (χ2n) is 2.41. The van der Waals surface area contributed by atoms with Crippen LogP contribution in [0.15, 0.2) is 5.16 Å². The van der Waals surface area contributed by atoms with Crippen LogP contribution >= 0.6 is 0 Å². The van der Waals surface area contributed by atoms with Crippen molar-refractivity contribution in [1.82, 2.24) is 5.06 Å². The van der Waals surface area contributed by atoms with E-state index in [2.05, 4.69) is 14.8 Å². The van der Waals surface area contributed by atoms with Crippen molar-refractivity contribution in [1.29, 1.82) is 0 Å². The number of hydrogen-bond acceptors (Lipinski definition) is 6. The molecule has 0 aromatic carbocycles. The van der Waals surface area contributed by atoms with E-state index >= 15 is 0 Å². The smallest absolute Gasteiger partial charge is 0.378 e. The second-order valence-corrected chi connectivity index (χ2v) is 2.41. The average Bonchev–Trinajstić information content (AvgIpc) is 2.46. The van der Waals surface area contributed by atoms with Gasteiger partial charge in [0.2, 0.25) is 0 Å². The molecule has 14 heavy (non-hydrogen) atoms. The van der Waals surface area contributed by atoms with Gasteiger partial charge in [-0.25, -0.2) is 4.79 Å². The van der Waals surface area contributed by atoms with E-state index in [1.165, 1.54) is 7.11 Å². The van der Waals surface area contributed by atoms with Crippen molar-refractivity contribution < 1.29 is 24.1 Å². The Morgan fingerprint density at radius 3 is 2.50 bits per heavy atom. The van der Waals surface area contributed by atoms with Crippen LogP contribution in [0.5, 0.6) is 0 Å². The van der Waals surface area contributed by atoms with Crippen LogP contribution < -0.4 is 0 Å². The minimum Gasteiger partial charge on any atom is -0.399 e. The molecule has 76 valence electrons. The summed E-state index contributed by atoms with van der Waals surface area (Å²) in [5.74, 6) is -2.00. The van der Waals surface area contributed by atoms with Gasteiger partial charge in [0.1, 0.15) is 7.11 Å². The van der Waals surface area contributed by atoms with Crippen molar-refractivity contribution in [2.24, 2.45) is 5.16 Å². The van der Waals surface area contributed by atoms with Gasteiger partial charge < -0.3 is 9.68 Å². The first kappa shape index (κ1) is 10.2. The molecule has 7 heteroatoms. The number of rotatable bonds is 3. The standard InChI is InChI=1S/C7H8N2O5/c1-13-8-4-7(12)14-9-5(10)2-3-6(9)11/h4H,2-3H2,1H3/b8-4-. The lowest BCUT2D eigenvalue weighted by atomic mass is 10.4. The van der Waals surface area contributed by atoms with Crippen LogP contribution in [0.4, 0.5) is 0 Å². The molecule has 1 aliphatic heterocycles. The Kier molecular flexibility index (Phi) is 3.16. The molecule has 1 heterocycles. The summed E-state index contributed by atoms with van der Waals surface area (Å²) in [6.07, 6.45) is 0.847. The summed E-state index contributed by atoms with van der Waals surface area (Å²) in [6.45, 7) is 0. The molecule has 0 spiro atoms. The normalized spacial score (nSPS) is 16.5. The Balaban J connectivity index is 2.51. The summed E-state index contributed by atoms with van der Waals surface area (Å²) in [5, 5.41) is 3.55. The maximum atomic E-state index is 10.9. The number of carbonyl (C=O) groups excluding carboxylic acids is 3. The van der Waals surface area contributed by atoms with E-state index in [9.17, 15) is 14.4 Å². The van der Waals surface area contributed by atoms with Gasteiger partial charge in [-0.1, -0.05) is 5.16 Å². The van der Waals surface area contributed by atoms with Crippen LogP contribution in [0.25, 0.3) is 0 Å². The summed E-state index contributed by atoms with van der Waals surface area (Å²) < 4.78 is 0. The van der Waals surface area contributed by atoms with Crippen molar-refractivity contribution in [2.75, 3.05) is 7.11 Å². The zero-order valence-electron chi connectivity index (χ0n) is 7.43. The first-order valence-electron chi connectivity index (χ1n) is 3.79. The topological polar surface area (TPSA) is 85.3 Å². The molecule has 7 nitrogen and oxygen atoms in total. The van der Waals surface area contributed by atoms with Gasteiger partial charge in [-0.05, 0) is 0 Å². The Morgan fingerprint density at radius 2 is 2.00 bits per heavy atom. The van der Waals surface area contributed by atoms with Crippen LogP contribution in [-0.2, 0) is 24.1 Å². The number of hydroxylamine groups is 2. The van der Waals surface area contributed by atoms with Crippen LogP contribution in [-0.4, -0.2) is 36.2 Å². The number of hydrogen-bond donors (Lipinski definition) is 0. The summed E-state index contributed by atoms with van der Waals surface area (Å²) >= 11 is 0. The fourth-order valence-corrected chi connectivity index (χ4v) is 0.867.